The number of nitrogens with zero attached hydrogens (tertiary/aromatic N) is 1. The van der Waals surface area contributed by atoms with Crippen LogP contribution >= 0.6 is 0 Å². The number of nitrogens with two attached hydrogens (primary N) is 1. The third-order valence-corrected chi connectivity index (χ3v) is 1.50. The van der Waals surface area contributed by atoms with Crippen molar-refractivity contribution in [3.63, 3.8) is 0 Å². The summed E-state index contributed by atoms with van der Waals surface area (Å²) in [6.45, 7) is 0. The number of amides is 4. The highest BCUT2D eigenvalue weighted by atomic mass is 16.2. The van der Waals surface area contributed by atoms with Crippen LogP contribution in [0.25, 0.3) is 0 Å². The van der Waals surface area contributed by atoms with Gasteiger partial charge in [-0.2, -0.15) is 5.01 Å². The van der Waals surface area contributed by atoms with Crippen molar-refractivity contribution in [2.75, 3.05) is 0 Å². The molecular formula is C6H9N3O3. The van der Waals surface area contributed by atoms with E-state index >= 15 is 0 Å². The van der Waals surface area contributed by atoms with E-state index in [0.29, 0.717) is 11.4 Å². The van der Waals surface area contributed by atoms with Gasteiger partial charge in [-0.05, 0) is 6.42 Å². The summed E-state index contributed by atoms with van der Waals surface area (Å²) in [6.07, 6.45) is 1.08. The highest BCUT2D eigenvalue weighted by molar-refractivity contribution is 5.98. The predicted octanol–water partition coefficient (Wildman–Crippen LogP) is -0.891. The Morgan fingerprint density at radius 3 is 2.25 bits per heavy atom. The number of nitrogens with one attached hydrogen (secondary N) is 1. The first-order chi connectivity index (χ1) is 5.61. The van der Waals surface area contributed by atoms with Crippen LogP contribution in [0.4, 0.5) is 4.79 Å². The lowest BCUT2D eigenvalue weighted by Crippen LogP contribution is -2.53. The summed E-state index contributed by atoms with van der Waals surface area (Å²) in [5.74, 6) is -0.824. The molecule has 1 saturated heterocycles. The molecule has 0 aromatic rings. The highest BCUT2D eigenvalue weighted by Gasteiger charge is 2.26. The van der Waals surface area contributed by atoms with Crippen LogP contribution in [0, 0.1) is 0 Å². The molecule has 1 rings (SSSR count). The number of primary amides is 1. The zero-order valence-corrected chi connectivity index (χ0v) is 6.37. The number of imide groups is 1. The Kier molecular flexibility index (Phi) is 2.27. The summed E-state index contributed by atoms with van der Waals surface area (Å²) in [5, 5.41) is 0.672. The van der Waals surface area contributed by atoms with Gasteiger partial charge in [-0.25, -0.2) is 10.2 Å². The Labute approximate surface area is 68.7 Å². The van der Waals surface area contributed by atoms with Gasteiger partial charge in [0, 0.05) is 12.8 Å². The maximum atomic E-state index is 11.0. The monoisotopic (exact) mass is 171 g/mol. The molecule has 6 nitrogen and oxygen atoms in total. The van der Waals surface area contributed by atoms with Gasteiger partial charge in [-0.15, -0.1) is 0 Å². The lowest BCUT2D eigenvalue weighted by Gasteiger charge is -2.23. The lowest BCUT2D eigenvalue weighted by atomic mass is 10.1. The van der Waals surface area contributed by atoms with Gasteiger partial charge in [-0.3, -0.25) is 9.59 Å². The summed E-state index contributed by atoms with van der Waals surface area (Å²) in [6, 6.07) is -0.904. The van der Waals surface area contributed by atoms with Crippen molar-refractivity contribution in [1.82, 2.24) is 10.4 Å². The Bertz CT molecular complexity index is 222. The molecule has 1 fully saturated rings. The molecule has 0 unspecified atom stereocenters. The van der Waals surface area contributed by atoms with Gasteiger partial charge in [0.2, 0.25) is 11.8 Å². The number of carbonyl (C=O) groups is 3. The van der Waals surface area contributed by atoms with E-state index in [1.807, 2.05) is 5.43 Å². The minimum absolute atomic E-state index is 0.270. The van der Waals surface area contributed by atoms with Crippen molar-refractivity contribution in [3.8, 4) is 0 Å². The quantitative estimate of drug-likeness (QED) is 0.501. The van der Waals surface area contributed by atoms with Crippen LogP contribution in [0.3, 0.4) is 0 Å². The van der Waals surface area contributed by atoms with Crippen LogP contribution in [0.5, 0.6) is 0 Å². The number of carbonyl (C=O) groups excluding carboxylic acids is 3. The average Bonchev–Trinajstić information content (AvgIpc) is 1.97. The van der Waals surface area contributed by atoms with Gasteiger partial charge < -0.3 is 5.73 Å². The molecule has 12 heavy (non-hydrogen) atoms. The molecule has 6 heteroatoms. The molecule has 0 aromatic carbocycles. The summed E-state index contributed by atoms with van der Waals surface area (Å²) < 4.78 is 0. The van der Waals surface area contributed by atoms with Crippen molar-refractivity contribution in [2.45, 2.75) is 19.3 Å². The molecule has 1 aliphatic rings. The molecule has 3 N–H and O–H groups in total. The maximum absolute atomic E-state index is 11.0. The third-order valence-electron chi connectivity index (χ3n) is 1.50. The molecular weight excluding hydrogens is 162 g/mol. The van der Waals surface area contributed by atoms with E-state index in [-0.39, 0.29) is 12.8 Å². The second kappa shape index (κ2) is 3.21. The number of hydrogen-bond acceptors (Lipinski definition) is 3. The van der Waals surface area contributed by atoms with Gasteiger partial charge >= 0.3 is 6.03 Å². The minimum atomic E-state index is -0.904. The second-order valence-electron chi connectivity index (χ2n) is 2.45. The Morgan fingerprint density at radius 1 is 1.33 bits per heavy atom. The number of hydrazine groups is 1. The smallest absolute Gasteiger partial charge is 0.331 e. The minimum Gasteiger partial charge on any atom is -0.350 e. The van der Waals surface area contributed by atoms with Crippen LogP contribution in [0.2, 0.25) is 0 Å². The molecule has 0 bridgehead atoms. The summed E-state index contributed by atoms with van der Waals surface area (Å²) in [7, 11) is 0. The van der Waals surface area contributed by atoms with Crippen molar-refractivity contribution in [1.29, 1.82) is 0 Å². The first-order valence-electron chi connectivity index (χ1n) is 3.53. The van der Waals surface area contributed by atoms with Crippen LogP contribution in [-0.2, 0) is 9.59 Å². The number of rotatable bonds is 1. The predicted molar refractivity (Wildman–Crippen MR) is 38.4 cm³/mol. The molecule has 0 radical (unpaired) electrons. The van der Waals surface area contributed by atoms with E-state index in [0.717, 1.165) is 0 Å². The van der Waals surface area contributed by atoms with Crippen molar-refractivity contribution < 1.29 is 14.4 Å². The van der Waals surface area contributed by atoms with Crippen molar-refractivity contribution in [2.24, 2.45) is 5.73 Å². The van der Waals surface area contributed by atoms with E-state index in [1.54, 1.807) is 0 Å². The Balaban J connectivity index is 2.63. The Morgan fingerprint density at radius 2 is 1.83 bits per heavy atom. The first-order valence-corrected chi connectivity index (χ1v) is 3.53. The second-order valence-corrected chi connectivity index (χ2v) is 2.45. The fourth-order valence-electron chi connectivity index (χ4n) is 0.988. The van der Waals surface area contributed by atoms with Gasteiger partial charge in [-0.1, -0.05) is 0 Å². The third kappa shape index (κ3) is 1.71. The normalized spacial score (nSPS) is 17.8. The van der Waals surface area contributed by atoms with Crippen molar-refractivity contribution >= 4 is 17.8 Å². The zero-order chi connectivity index (χ0) is 9.14. The molecule has 0 spiro atoms. The van der Waals surface area contributed by atoms with E-state index in [9.17, 15) is 14.4 Å². The topological polar surface area (TPSA) is 92.5 Å². The SMILES string of the molecule is NC(=O)NN1C(=O)CCCC1=O. The first kappa shape index (κ1) is 8.51. The van der Waals surface area contributed by atoms with Gasteiger partial charge in [0.25, 0.3) is 0 Å². The molecule has 0 aromatic heterocycles. The molecule has 66 valence electrons. The molecule has 1 heterocycles. The average molecular weight is 171 g/mol. The summed E-state index contributed by atoms with van der Waals surface area (Å²) in [4.78, 5) is 32.3. The number of urea groups is 1. The Hall–Kier alpha value is -1.59. The van der Waals surface area contributed by atoms with Crippen LogP contribution < -0.4 is 11.2 Å². The van der Waals surface area contributed by atoms with E-state index < -0.39 is 17.8 Å². The van der Waals surface area contributed by atoms with Gasteiger partial charge in [0.15, 0.2) is 0 Å². The molecule has 0 saturated carbocycles. The fourth-order valence-corrected chi connectivity index (χ4v) is 0.988. The van der Waals surface area contributed by atoms with Crippen LogP contribution in [0.15, 0.2) is 0 Å². The zero-order valence-electron chi connectivity index (χ0n) is 6.37. The summed E-state index contributed by atoms with van der Waals surface area (Å²) >= 11 is 0. The maximum Gasteiger partial charge on any atom is 0.331 e. The largest absolute Gasteiger partial charge is 0.350 e. The van der Waals surface area contributed by atoms with E-state index in [1.165, 1.54) is 0 Å². The van der Waals surface area contributed by atoms with E-state index in [2.05, 4.69) is 0 Å². The van der Waals surface area contributed by atoms with E-state index in [4.69, 9.17) is 5.73 Å². The molecule has 4 amide bonds. The van der Waals surface area contributed by atoms with Gasteiger partial charge in [0.1, 0.15) is 0 Å². The summed E-state index contributed by atoms with van der Waals surface area (Å²) in [5.41, 5.74) is 6.71. The fraction of sp³-hybridized carbons (Fsp3) is 0.500. The van der Waals surface area contributed by atoms with Crippen LogP contribution in [0.1, 0.15) is 19.3 Å². The molecule has 0 aliphatic carbocycles. The number of piperidine rings is 1. The standard InChI is InChI=1S/C6H9N3O3/c7-6(12)8-9-4(10)2-1-3-5(9)11/h1-3H2,(H3,7,8,12). The number of hydrogen-bond donors (Lipinski definition) is 2. The highest BCUT2D eigenvalue weighted by Crippen LogP contribution is 2.09. The lowest BCUT2D eigenvalue weighted by molar-refractivity contribution is -0.150. The molecule has 0 atom stereocenters. The molecule has 1 aliphatic heterocycles. The van der Waals surface area contributed by atoms with Crippen LogP contribution in [-0.4, -0.2) is 22.9 Å². The van der Waals surface area contributed by atoms with Crippen molar-refractivity contribution in [3.05, 3.63) is 0 Å². The van der Waals surface area contributed by atoms with Gasteiger partial charge in [0.05, 0.1) is 0 Å².